The third-order valence-electron chi connectivity index (χ3n) is 2.40. The van der Waals surface area contributed by atoms with Gasteiger partial charge in [-0.3, -0.25) is 0 Å². The largest absolute Gasteiger partial charge is 0.347 e. The van der Waals surface area contributed by atoms with Crippen LogP contribution >= 0.6 is 11.6 Å². The van der Waals surface area contributed by atoms with Crippen LogP contribution in [0.5, 0.6) is 0 Å². The molecule has 5 nitrogen and oxygen atoms in total. The highest BCUT2D eigenvalue weighted by atomic mass is 35.5. The molecule has 1 aromatic heterocycles. The first kappa shape index (κ1) is 13.1. The van der Waals surface area contributed by atoms with Gasteiger partial charge in [0, 0.05) is 24.8 Å². The number of aromatic nitrogens is 2. The second kappa shape index (κ2) is 5.55. The number of nitrogens with one attached hydrogen (secondary N) is 1. The van der Waals surface area contributed by atoms with Crippen LogP contribution in [-0.4, -0.2) is 24.1 Å². The number of benzene rings is 1. The first-order valence-electron chi connectivity index (χ1n) is 5.57. The van der Waals surface area contributed by atoms with Crippen molar-refractivity contribution in [3.05, 3.63) is 41.0 Å². The molecular weight excluding hydrogens is 262 g/mol. The number of rotatable bonds is 3. The zero-order valence-corrected chi connectivity index (χ0v) is 11.3. The Hall–Kier alpha value is -2.32. The Bertz CT molecular complexity index is 616. The summed E-state index contributed by atoms with van der Waals surface area (Å²) in [5.41, 5.74) is 1.20. The van der Waals surface area contributed by atoms with Crippen molar-refractivity contribution in [2.24, 2.45) is 0 Å². The number of hydrogen-bond acceptors (Lipinski definition) is 5. The lowest BCUT2D eigenvalue weighted by atomic mass is 10.3. The Kier molecular flexibility index (Phi) is 3.83. The van der Waals surface area contributed by atoms with Crippen molar-refractivity contribution >= 4 is 29.1 Å². The molecule has 1 aromatic carbocycles. The lowest BCUT2D eigenvalue weighted by molar-refractivity contribution is 0.997. The van der Waals surface area contributed by atoms with Gasteiger partial charge < -0.3 is 10.2 Å². The summed E-state index contributed by atoms with van der Waals surface area (Å²) in [6.07, 6.45) is 1.50. The topological polar surface area (TPSA) is 64.8 Å². The molecule has 19 heavy (non-hydrogen) atoms. The van der Waals surface area contributed by atoms with Gasteiger partial charge in [0.05, 0.1) is 6.20 Å². The molecule has 0 aliphatic rings. The minimum absolute atomic E-state index is 0.389. The van der Waals surface area contributed by atoms with Crippen LogP contribution in [0.4, 0.5) is 17.5 Å². The van der Waals surface area contributed by atoms with E-state index in [0.29, 0.717) is 22.4 Å². The first-order chi connectivity index (χ1) is 9.10. The molecule has 0 saturated carbocycles. The molecule has 1 heterocycles. The maximum absolute atomic E-state index is 9.07. The number of nitrogens with zero attached hydrogens (tertiary/aromatic N) is 4. The highest BCUT2D eigenvalue weighted by Crippen LogP contribution is 2.21. The van der Waals surface area contributed by atoms with E-state index < -0.39 is 0 Å². The van der Waals surface area contributed by atoms with Crippen molar-refractivity contribution in [2.45, 2.75) is 0 Å². The van der Waals surface area contributed by atoms with Gasteiger partial charge in [0.1, 0.15) is 11.6 Å². The third kappa shape index (κ3) is 3.12. The van der Waals surface area contributed by atoms with E-state index in [1.807, 2.05) is 26.2 Å². The normalized spacial score (nSPS) is 9.79. The zero-order chi connectivity index (χ0) is 13.8. The van der Waals surface area contributed by atoms with Gasteiger partial charge in [-0.2, -0.15) is 10.2 Å². The molecule has 1 N–H and O–H groups in total. The third-order valence-corrected chi connectivity index (χ3v) is 2.66. The van der Waals surface area contributed by atoms with Crippen LogP contribution in [0.2, 0.25) is 5.02 Å². The Balaban J connectivity index is 2.35. The molecular formula is C13H12ClN5. The van der Waals surface area contributed by atoms with E-state index in [-0.39, 0.29) is 0 Å². The van der Waals surface area contributed by atoms with Gasteiger partial charge >= 0.3 is 0 Å². The highest BCUT2D eigenvalue weighted by molar-refractivity contribution is 6.30. The minimum atomic E-state index is 0.389. The zero-order valence-electron chi connectivity index (χ0n) is 10.6. The fourth-order valence-corrected chi connectivity index (χ4v) is 1.56. The Morgan fingerprint density at radius 1 is 1.26 bits per heavy atom. The van der Waals surface area contributed by atoms with E-state index in [1.165, 1.54) is 6.20 Å². The summed E-state index contributed by atoms with van der Waals surface area (Å²) >= 11 is 5.83. The fourth-order valence-electron chi connectivity index (χ4n) is 1.44. The molecule has 6 heteroatoms. The van der Waals surface area contributed by atoms with Crippen LogP contribution in [0.15, 0.2) is 30.5 Å². The van der Waals surface area contributed by atoms with Crippen molar-refractivity contribution in [3.63, 3.8) is 0 Å². The first-order valence-corrected chi connectivity index (χ1v) is 5.95. The van der Waals surface area contributed by atoms with Crippen molar-refractivity contribution in [1.29, 1.82) is 5.26 Å². The van der Waals surface area contributed by atoms with Gasteiger partial charge in [0.15, 0.2) is 5.82 Å². The average molecular weight is 274 g/mol. The van der Waals surface area contributed by atoms with Crippen molar-refractivity contribution in [2.75, 3.05) is 24.3 Å². The molecule has 0 radical (unpaired) electrons. The van der Waals surface area contributed by atoms with E-state index in [4.69, 9.17) is 16.9 Å². The van der Waals surface area contributed by atoms with Crippen LogP contribution < -0.4 is 10.2 Å². The van der Waals surface area contributed by atoms with Crippen molar-refractivity contribution in [1.82, 2.24) is 9.97 Å². The van der Waals surface area contributed by atoms with Gasteiger partial charge in [-0.15, -0.1) is 0 Å². The van der Waals surface area contributed by atoms with Crippen LogP contribution in [0.3, 0.4) is 0 Å². The fraction of sp³-hybridized carbons (Fsp3) is 0.154. The van der Waals surface area contributed by atoms with Gasteiger partial charge in [-0.1, -0.05) is 11.6 Å². The predicted octanol–water partition coefficient (Wildman–Crippen LogP) is 2.81. The monoisotopic (exact) mass is 273 g/mol. The maximum atomic E-state index is 9.07. The quantitative estimate of drug-likeness (QED) is 0.931. The van der Waals surface area contributed by atoms with Crippen LogP contribution in [0.25, 0.3) is 0 Å². The van der Waals surface area contributed by atoms with Gasteiger partial charge in [-0.25, -0.2) is 4.98 Å². The van der Waals surface area contributed by atoms with E-state index in [9.17, 15) is 0 Å². The highest BCUT2D eigenvalue weighted by Gasteiger charge is 2.08. The number of halogens is 1. The maximum Gasteiger partial charge on any atom is 0.226 e. The second-order valence-corrected chi connectivity index (χ2v) is 4.51. The SMILES string of the molecule is CN(C)c1ncc(C#N)c(Nc2ccc(Cl)cc2)n1. The molecule has 2 aromatic rings. The average Bonchev–Trinajstić information content (AvgIpc) is 2.41. The molecule has 0 bridgehead atoms. The molecule has 96 valence electrons. The van der Waals surface area contributed by atoms with Crippen molar-refractivity contribution in [3.8, 4) is 6.07 Å². The molecule has 0 unspecified atom stereocenters. The summed E-state index contributed by atoms with van der Waals surface area (Å²) in [4.78, 5) is 10.2. The van der Waals surface area contributed by atoms with Crippen molar-refractivity contribution < 1.29 is 0 Å². The minimum Gasteiger partial charge on any atom is -0.347 e. The predicted molar refractivity (Wildman–Crippen MR) is 75.8 cm³/mol. The lowest BCUT2D eigenvalue weighted by Crippen LogP contribution is -2.13. The van der Waals surface area contributed by atoms with Crippen LogP contribution in [0, 0.1) is 11.3 Å². The van der Waals surface area contributed by atoms with E-state index in [0.717, 1.165) is 5.69 Å². The molecule has 0 fully saturated rings. The summed E-state index contributed by atoms with van der Waals surface area (Å²) in [6, 6.07) is 9.24. The van der Waals surface area contributed by atoms with Gasteiger partial charge in [0.25, 0.3) is 0 Å². The standard InChI is InChI=1S/C13H12ClN5/c1-19(2)13-16-8-9(7-15)12(18-13)17-11-5-3-10(14)4-6-11/h3-6,8H,1-2H3,(H,16,17,18). The van der Waals surface area contributed by atoms with E-state index in [1.54, 1.807) is 17.0 Å². The molecule has 0 spiro atoms. The summed E-state index contributed by atoms with van der Waals surface area (Å²) in [6.45, 7) is 0. The molecule has 0 atom stereocenters. The van der Waals surface area contributed by atoms with Crippen LogP contribution in [0.1, 0.15) is 5.56 Å². The van der Waals surface area contributed by atoms with Gasteiger partial charge in [-0.05, 0) is 24.3 Å². The molecule has 2 rings (SSSR count). The molecule has 0 aliphatic carbocycles. The lowest BCUT2D eigenvalue weighted by Gasteiger charge is -2.13. The summed E-state index contributed by atoms with van der Waals surface area (Å²) < 4.78 is 0. The smallest absolute Gasteiger partial charge is 0.226 e. The molecule has 0 aliphatic heterocycles. The summed E-state index contributed by atoms with van der Waals surface area (Å²) in [5, 5.41) is 12.8. The number of hydrogen-bond donors (Lipinski definition) is 1. The number of anilines is 3. The summed E-state index contributed by atoms with van der Waals surface area (Å²) in [5.74, 6) is 1.01. The van der Waals surface area contributed by atoms with E-state index in [2.05, 4.69) is 21.4 Å². The summed E-state index contributed by atoms with van der Waals surface area (Å²) in [7, 11) is 3.68. The Labute approximate surface area is 116 Å². The Morgan fingerprint density at radius 3 is 2.53 bits per heavy atom. The molecule has 0 saturated heterocycles. The Morgan fingerprint density at radius 2 is 1.95 bits per heavy atom. The molecule has 0 amide bonds. The van der Waals surface area contributed by atoms with Gasteiger partial charge in [0.2, 0.25) is 5.95 Å². The second-order valence-electron chi connectivity index (χ2n) is 4.07. The van der Waals surface area contributed by atoms with E-state index >= 15 is 0 Å². The van der Waals surface area contributed by atoms with Crippen LogP contribution in [-0.2, 0) is 0 Å². The number of nitriles is 1.